The average molecular weight is 365 g/mol. The van der Waals surface area contributed by atoms with Crippen LogP contribution in [0.2, 0.25) is 0 Å². The summed E-state index contributed by atoms with van der Waals surface area (Å²) in [6.07, 6.45) is 4.42. The topological polar surface area (TPSA) is 40.2 Å². The molecule has 0 aromatic carbocycles. The van der Waals surface area contributed by atoms with Crippen molar-refractivity contribution in [3.8, 4) is 0 Å². The number of methoxy groups -OCH3 is 1. The smallest absolute Gasteiger partial charge is 0.283 e. The van der Waals surface area contributed by atoms with E-state index in [-0.39, 0.29) is 31.5 Å². The standard InChI is InChI=1S/C18H33F2NO4/c1-14(2)24-9-8-23-13-18(19,20)12-21-6-4-15(5-7-21)25-17-10-16(11-17)22-3/h14-17H,4-13H2,1-3H3. The molecule has 2 rings (SSSR count). The molecule has 0 amide bonds. The largest absolute Gasteiger partial charge is 0.381 e. The number of piperidine rings is 1. The van der Waals surface area contributed by atoms with Crippen molar-refractivity contribution >= 4 is 0 Å². The molecule has 0 atom stereocenters. The number of likely N-dealkylation sites (tertiary alicyclic amines) is 1. The van der Waals surface area contributed by atoms with Crippen molar-refractivity contribution in [3.63, 3.8) is 0 Å². The quantitative estimate of drug-likeness (QED) is 0.527. The Morgan fingerprint density at radius 1 is 1.04 bits per heavy atom. The van der Waals surface area contributed by atoms with Crippen molar-refractivity contribution < 1.29 is 27.7 Å². The molecule has 5 nitrogen and oxygen atoms in total. The fourth-order valence-electron chi connectivity index (χ4n) is 3.23. The third kappa shape index (κ3) is 7.83. The molecule has 1 aliphatic heterocycles. The van der Waals surface area contributed by atoms with E-state index in [1.54, 1.807) is 7.11 Å². The second kappa shape index (κ2) is 10.1. The van der Waals surface area contributed by atoms with Gasteiger partial charge >= 0.3 is 0 Å². The molecule has 7 heteroatoms. The second-order valence-electron chi connectivity index (χ2n) is 7.39. The Morgan fingerprint density at radius 2 is 1.72 bits per heavy atom. The van der Waals surface area contributed by atoms with Crippen molar-refractivity contribution in [1.82, 2.24) is 4.90 Å². The Hall–Kier alpha value is -0.340. The van der Waals surface area contributed by atoms with Gasteiger partial charge in [0.05, 0.1) is 44.2 Å². The molecule has 2 aliphatic rings. The summed E-state index contributed by atoms with van der Waals surface area (Å²) < 4.78 is 49.6. The van der Waals surface area contributed by atoms with E-state index in [0.717, 1.165) is 25.7 Å². The summed E-state index contributed by atoms with van der Waals surface area (Å²) in [5.41, 5.74) is 0. The third-order valence-electron chi connectivity index (χ3n) is 4.75. The maximum atomic E-state index is 14.0. The van der Waals surface area contributed by atoms with E-state index in [0.29, 0.717) is 25.8 Å². The van der Waals surface area contributed by atoms with Gasteiger partial charge in [0, 0.05) is 20.2 Å². The molecule has 1 saturated carbocycles. The van der Waals surface area contributed by atoms with Crippen LogP contribution in [0.4, 0.5) is 8.78 Å². The monoisotopic (exact) mass is 365 g/mol. The van der Waals surface area contributed by atoms with Crippen molar-refractivity contribution in [3.05, 3.63) is 0 Å². The van der Waals surface area contributed by atoms with Crippen LogP contribution in [0, 0.1) is 0 Å². The van der Waals surface area contributed by atoms with Crippen LogP contribution in [0.15, 0.2) is 0 Å². The van der Waals surface area contributed by atoms with Crippen LogP contribution in [0.1, 0.15) is 39.5 Å². The summed E-state index contributed by atoms with van der Waals surface area (Å²) in [6, 6.07) is 0. The summed E-state index contributed by atoms with van der Waals surface area (Å²) in [7, 11) is 1.72. The van der Waals surface area contributed by atoms with Gasteiger partial charge in [-0.25, -0.2) is 8.78 Å². The molecule has 1 saturated heterocycles. The number of alkyl halides is 2. The van der Waals surface area contributed by atoms with Crippen LogP contribution < -0.4 is 0 Å². The van der Waals surface area contributed by atoms with Gasteiger partial charge in [-0.3, -0.25) is 4.90 Å². The predicted octanol–water partition coefficient (Wildman–Crippen LogP) is 2.72. The Bertz CT molecular complexity index is 370. The first-order valence-electron chi connectivity index (χ1n) is 9.36. The highest BCUT2D eigenvalue weighted by Gasteiger charge is 2.36. The minimum atomic E-state index is -2.83. The lowest BCUT2D eigenvalue weighted by atomic mass is 9.91. The Morgan fingerprint density at radius 3 is 2.32 bits per heavy atom. The zero-order valence-corrected chi connectivity index (χ0v) is 15.7. The van der Waals surface area contributed by atoms with Gasteiger partial charge in [-0.1, -0.05) is 0 Å². The van der Waals surface area contributed by atoms with Crippen LogP contribution in [-0.4, -0.2) is 81.8 Å². The highest BCUT2D eigenvalue weighted by Crippen LogP contribution is 2.29. The summed E-state index contributed by atoms with van der Waals surface area (Å²) in [6.45, 7) is 4.86. The minimum absolute atomic E-state index is 0.0907. The second-order valence-corrected chi connectivity index (χ2v) is 7.39. The molecule has 0 spiro atoms. The molecule has 0 aromatic rings. The van der Waals surface area contributed by atoms with Crippen molar-refractivity contribution in [2.24, 2.45) is 0 Å². The summed E-state index contributed by atoms with van der Waals surface area (Å²) >= 11 is 0. The van der Waals surface area contributed by atoms with Gasteiger partial charge in [0.15, 0.2) is 0 Å². The van der Waals surface area contributed by atoms with E-state index in [2.05, 4.69) is 0 Å². The summed E-state index contributed by atoms with van der Waals surface area (Å²) in [5, 5.41) is 0. The van der Waals surface area contributed by atoms with Crippen LogP contribution in [0.3, 0.4) is 0 Å². The molecule has 0 aromatic heterocycles. The molecule has 0 radical (unpaired) electrons. The van der Waals surface area contributed by atoms with Gasteiger partial charge in [-0.2, -0.15) is 0 Å². The SMILES string of the molecule is COC1CC(OC2CCN(CC(F)(F)COCCOC(C)C)CC2)C1. The highest BCUT2D eigenvalue weighted by atomic mass is 19.3. The fraction of sp³-hybridized carbons (Fsp3) is 1.00. The number of hydrogen-bond donors (Lipinski definition) is 0. The number of nitrogens with zero attached hydrogens (tertiary/aromatic N) is 1. The van der Waals surface area contributed by atoms with E-state index in [1.165, 1.54) is 0 Å². The number of ether oxygens (including phenoxy) is 4. The van der Waals surface area contributed by atoms with Gasteiger partial charge in [0.2, 0.25) is 0 Å². The van der Waals surface area contributed by atoms with Gasteiger partial charge in [-0.15, -0.1) is 0 Å². The lowest BCUT2D eigenvalue weighted by Crippen LogP contribution is -2.47. The first-order chi connectivity index (χ1) is 11.9. The molecule has 0 N–H and O–H groups in total. The lowest BCUT2D eigenvalue weighted by molar-refractivity contribution is -0.135. The van der Waals surface area contributed by atoms with Gasteiger partial charge in [-0.05, 0) is 39.5 Å². The normalized spacial score (nSPS) is 26.2. The Kier molecular flexibility index (Phi) is 8.48. The Labute approximate surface area is 149 Å². The first kappa shape index (κ1) is 21.0. The zero-order chi connectivity index (χ0) is 18.3. The van der Waals surface area contributed by atoms with Crippen LogP contribution in [0.5, 0.6) is 0 Å². The van der Waals surface area contributed by atoms with E-state index in [1.807, 2.05) is 18.7 Å². The number of hydrogen-bond acceptors (Lipinski definition) is 5. The average Bonchev–Trinajstić information content (AvgIpc) is 2.51. The molecular formula is C18H33F2NO4. The lowest BCUT2D eigenvalue weighted by Gasteiger charge is -2.39. The molecule has 0 unspecified atom stereocenters. The minimum Gasteiger partial charge on any atom is -0.381 e. The number of rotatable bonds is 11. The van der Waals surface area contributed by atoms with Crippen LogP contribution in [0.25, 0.3) is 0 Å². The van der Waals surface area contributed by atoms with Crippen LogP contribution >= 0.6 is 0 Å². The Balaban J connectivity index is 1.55. The fourth-order valence-corrected chi connectivity index (χ4v) is 3.23. The molecule has 1 heterocycles. The van der Waals surface area contributed by atoms with E-state index >= 15 is 0 Å². The maximum Gasteiger partial charge on any atom is 0.283 e. The van der Waals surface area contributed by atoms with Gasteiger partial charge in [0.25, 0.3) is 5.92 Å². The van der Waals surface area contributed by atoms with Crippen LogP contribution in [-0.2, 0) is 18.9 Å². The van der Waals surface area contributed by atoms with E-state index in [9.17, 15) is 8.78 Å². The highest BCUT2D eigenvalue weighted by molar-refractivity contribution is 4.84. The number of halogens is 2. The third-order valence-corrected chi connectivity index (χ3v) is 4.75. The van der Waals surface area contributed by atoms with Crippen molar-refractivity contribution in [1.29, 1.82) is 0 Å². The van der Waals surface area contributed by atoms with Gasteiger partial charge in [0.1, 0.15) is 6.61 Å². The molecule has 148 valence electrons. The van der Waals surface area contributed by atoms with E-state index in [4.69, 9.17) is 18.9 Å². The molecule has 1 aliphatic carbocycles. The summed E-state index contributed by atoms with van der Waals surface area (Å²) in [5.74, 6) is -2.83. The maximum absolute atomic E-state index is 14.0. The molecule has 0 bridgehead atoms. The molecule has 25 heavy (non-hydrogen) atoms. The molecular weight excluding hydrogens is 332 g/mol. The van der Waals surface area contributed by atoms with Crippen molar-refractivity contribution in [2.45, 2.75) is 69.9 Å². The van der Waals surface area contributed by atoms with Crippen molar-refractivity contribution in [2.75, 3.05) is 46.6 Å². The first-order valence-corrected chi connectivity index (χ1v) is 9.36. The van der Waals surface area contributed by atoms with Gasteiger partial charge < -0.3 is 18.9 Å². The molecule has 2 fully saturated rings. The predicted molar refractivity (Wildman–Crippen MR) is 91.2 cm³/mol. The zero-order valence-electron chi connectivity index (χ0n) is 15.7. The van der Waals surface area contributed by atoms with E-state index < -0.39 is 12.5 Å². The summed E-state index contributed by atoms with van der Waals surface area (Å²) in [4.78, 5) is 1.81.